The van der Waals surface area contributed by atoms with E-state index in [2.05, 4.69) is 24.3 Å². The van der Waals surface area contributed by atoms with Crippen molar-refractivity contribution in [2.75, 3.05) is 18.1 Å². The fraction of sp³-hybridized carbons (Fsp3) is 0.727. The summed E-state index contributed by atoms with van der Waals surface area (Å²) in [5.41, 5.74) is 2.49. The Labute approximate surface area is 96.6 Å². The minimum atomic E-state index is 1.07. The maximum Gasteiger partial charge on any atom is 0.128 e. The number of unbranched alkanes of at least 4 members (excludes halogenated alkanes) is 1. The SMILES string of the molecule is CCCCSCc1c(C)nn(C)c1NC. The summed E-state index contributed by atoms with van der Waals surface area (Å²) in [6.45, 7) is 4.31. The highest BCUT2D eigenvalue weighted by molar-refractivity contribution is 7.98. The van der Waals surface area contributed by atoms with Crippen molar-refractivity contribution in [1.29, 1.82) is 0 Å². The Hall–Kier alpha value is -0.640. The Morgan fingerprint density at radius 2 is 2.20 bits per heavy atom. The van der Waals surface area contributed by atoms with Crippen LogP contribution in [0.3, 0.4) is 0 Å². The van der Waals surface area contributed by atoms with Crippen molar-refractivity contribution in [3.05, 3.63) is 11.3 Å². The highest BCUT2D eigenvalue weighted by Crippen LogP contribution is 2.24. The molecule has 0 fully saturated rings. The van der Waals surface area contributed by atoms with Gasteiger partial charge in [0.15, 0.2) is 0 Å². The van der Waals surface area contributed by atoms with Crippen molar-refractivity contribution in [2.24, 2.45) is 7.05 Å². The van der Waals surface area contributed by atoms with Gasteiger partial charge in [-0.3, -0.25) is 4.68 Å². The molecule has 0 saturated carbocycles. The number of anilines is 1. The average Bonchev–Trinajstić information content (AvgIpc) is 2.48. The molecule has 1 heterocycles. The lowest BCUT2D eigenvalue weighted by molar-refractivity contribution is 0.763. The summed E-state index contributed by atoms with van der Waals surface area (Å²) in [6, 6.07) is 0. The van der Waals surface area contributed by atoms with Gasteiger partial charge in [0.25, 0.3) is 0 Å². The maximum atomic E-state index is 4.42. The molecule has 0 atom stereocenters. The van der Waals surface area contributed by atoms with Crippen molar-refractivity contribution >= 4 is 17.6 Å². The summed E-state index contributed by atoms with van der Waals surface area (Å²) in [7, 11) is 3.94. The minimum Gasteiger partial charge on any atom is -0.373 e. The first kappa shape index (κ1) is 12.4. The number of nitrogens with one attached hydrogen (secondary N) is 1. The molecule has 1 aromatic rings. The van der Waals surface area contributed by atoms with E-state index in [1.54, 1.807) is 0 Å². The Morgan fingerprint density at radius 1 is 1.47 bits per heavy atom. The second kappa shape index (κ2) is 6.05. The Bertz CT molecular complexity index is 307. The predicted molar refractivity (Wildman–Crippen MR) is 68.6 cm³/mol. The van der Waals surface area contributed by atoms with Crippen LogP contribution in [-0.4, -0.2) is 22.6 Å². The third-order valence-corrected chi connectivity index (χ3v) is 3.54. The molecule has 0 aliphatic carbocycles. The third-order valence-electron chi connectivity index (χ3n) is 2.47. The zero-order valence-electron chi connectivity index (χ0n) is 10.1. The van der Waals surface area contributed by atoms with Gasteiger partial charge in [-0.25, -0.2) is 0 Å². The van der Waals surface area contributed by atoms with Crippen molar-refractivity contribution in [3.63, 3.8) is 0 Å². The van der Waals surface area contributed by atoms with Crippen molar-refractivity contribution in [1.82, 2.24) is 9.78 Å². The maximum absolute atomic E-state index is 4.42. The number of thioether (sulfide) groups is 1. The summed E-state index contributed by atoms with van der Waals surface area (Å²) in [6.07, 6.45) is 2.58. The molecule has 15 heavy (non-hydrogen) atoms. The van der Waals surface area contributed by atoms with Gasteiger partial charge in [-0.15, -0.1) is 0 Å². The van der Waals surface area contributed by atoms with Crippen molar-refractivity contribution < 1.29 is 0 Å². The zero-order chi connectivity index (χ0) is 11.3. The van der Waals surface area contributed by atoms with E-state index in [0.717, 1.165) is 17.3 Å². The molecule has 1 aromatic heterocycles. The fourth-order valence-corrected chi connectivity index (χ4v) is 2.80. The molecule has 1 N–H and O–H groups in total. The summed E-state index contributed by atoms with van der Waals surface area (Å²) in [5.74, 6) is 3.46. The van der Waals surface area contributed by atoms with E-state index in [4.69, 9.17) is 0 Å². The van der Waals surface area contributed by atoms with Crippen LogP contribution in [0.15, 0.2) is 0 Å². The molecule has 4 heteroatoms. The molecular weight excluding hydrogens is 206 g/mol. The standard InChI is InChI=1S/C11H21N3S/c1-5-6-7-15-8-10-9(2)13-14(4)11(10)12-3/h12H,5-8H2,1-4H3. The molecule has 0 aromatic carbocycles. The number of rotatable bonds is 6. The van der Waals surface area contributed by atoms with Crippen LogP contribution in [0, 0.1) is 6.92 Å². The normalized spacial score (nSPS) is 10.7. The highest BCUT2D eigenvalue weighted by atomic mass is 32.2. The van der Waals surface area contributed by atoms with Crippen molar-refractivity contribution in [3.8, 4) is 0 Å². The van der Waals surface area contributed by atoms with Crippen LogP contribution < -0.4 is 5.32 Å². The average molecular weight is 227 g/mol. The fourth-order valence-electron chi connectivity index (χ4n) is 1.61. The Balaban J connectivity index is 2.59. The second-order valence-corrected chi connectivity index (χ2v) is 4.80. The molecule has 0 aliphatic heterocycles. The quantitative estimate of drug-likeness (QED) is 0.758. The van der Waals surface area contributed by atoms with E-state index < -0.39 is 0 Å². The summed E-state index contributed by atoms with van der Waals surface area (Å²) >= 11 is 1.99. The number of hydrogen-bond acceptors (Lipinski definition) is 3. The van der Waals surface area contributed by atoms with Crippen LogP contribution in [0.2, 0.25) is 0 Å². The van der Waals surface area contributed by atoms with Crippen LogP contribution in [-0.2, 0) is 12.8 Å². The van der Waals surface area contributed by atoms with E-state index >= 15 is 0 Å². The molecule has 0 saturated heterocycles. The Morgan fingerprint density at radius 3 is 2.80 bits per heavy atom. The van der Waals surface area contributed by atoms with Crippen LogP contribution >= 0.6 is 11.8 Å². The highest BCUT2D eigenvalue weighted by Gasteiger charge is 2.11. The van der Waals surface area contributed by atoms with E-state index in [-0.39, 0.29) is 0 Å². The monoisotopic (exact) mass is 227 g/mol. The molecular formula is C11H21N3S. The topological polar surface area (TPSA) is 29.9 Å². The lowest BCUT2D eigenvalue weighted by Gasteiger charge is -2.05. The smallest absolute Gasteiger partial charge is 0.128 e. The van der Waals surface area contributed by atoms with Gasteiger partial charge in [-0.1, -0.05) is 13.3 Å². The third kappa shape index (κ3) is 3.16. The minimum absolute atomic E-state index is 1.07. The molecule has 0 radical (unpaired) electrons. The van der Waals surface area contributed by atoms with Crippen LogP contribution in [0.1, 0.15) is 31.0 Å². The van der Waals surface area contributed by atoms with Gasteiger partial charge in [-0.05, 0) is 19.1 Å². The molecule has 0 aliphatic rings. The molecule has 0 bridgehead atoms. The van der Waals surface area contributed by atoms with Gasteiger partial charge in [0.1, 0.15) is 5.82 Å². The number of nitrogens with zero attached hydrogens (tertiary/aromatic N) is 2. The largest absolute Gasteiger partial charge is 0.373 e. The molecule has 0 spiro atoms. The van der Waals surface area contributed by atoms with Gasteiger partial charge in [0.2, 0.25) is 0 Å². The van der Waals surface area contributed by atoms with Gasteiger partial charge in [0, 0.05) is 25.4 Å². The molecule has 3 nitrogen and oxygen atoms in total. The van der Waals surface area contributed by atoms with E-state index in [1.807, 2.05) is 30.5 Å². The van der Waals surface area contributed by atoms with Crippen molar-refractivity contribution in [2.45, 2.75) is 32.4 Å². The zero-order valence-corrected chi connectivity index (χ0v) is 10.9. The molecule has 0 amide bonds. The molecule has 86 valence electrons. The van der Waals surface area contributed by atoms with Gasteiger partial charge in [0.05, 0.1) is 5.69 Å². The first-order valence-corrected chi connectivity index (χ1v) is 6.64. The second-order valence-electron chi connectivity index (χ2n) is 3.69. The lowest BCUT2D eigenvalue weighted by Crippen LogP contribution is -2.00. The van der Waals surface area contributed by atoms with Gasteiger partial charge in [-0.2, -0.15) is 16.9 Å². The van der Waals surface area contributed by atoms with Crippen LogP contribution in [0.4, 0.5) is 5.82 Å². The first-order chi connectivity index (χ1) is 7.20. The summed E-state index contributed by atoms with van der Waals surface area (Å²) in [5, 5.41) is 7.63. The molecule has 1 rings (SSSR count). The first-order valence-electron chi connectivity index (χ1n) is 5.48. The van der Waals surface area contributed by atoms with Gasteiger partial charge >= 0.3 is 0 Å². The lowest BCUT2D eigenvalue weighted by atomic mass is 10.3. The van der Waals surface area contributed by atoms with E-state index in [0.29, 0.717) is 0 Å². The Kier molecular flexibility index (Phi) is 5.02. The van der Waals surface area contributed by atoms with E-state index in [1.165, 1.54) is 24.2 Å². The van der Waals surface area contributed by atoms with E-state index in [9.17, 15) is 0 Å². The van der Waals surface area contributed by atoms with Gasteiger partial charge < -0.3 is 5.32 Å². The summed E-state index contributed by atoms with van der Waals surface area (Å²) < 4.78 is 1.92. The molecule has 0 unspecified atom stereocenters. The number of aryl methyl sites for hydroxylation is 2. The number of aromatic nitrogens is 2. The van der Waals surface area contributed by atoms with Crippen LogP contribution in [0.5, 0.6) is 0 Å². The predicted octanol–water partition coefficient (Wildman–Crippen LogP) is 2.80. The number of hydrogen-bond donors (Lipinski definition) is 1. The van der Waals surface area contributed by atoms with Crippen LogP contribution in [0.25, 0.3) is 0 Å². The summed E-state index contributed by atoms with van der Waals surface area (Å²) in [4.78, 5) is 0.